The van der Waals surface area contributed by atoms with Gasteiger partial charge in [0.1, 0.15) is 11.6 Å². The topological polar surface area (TPSA) is 75.2 Å². The molecule has 0 aliphatic carbocycles. The van der Waals surface area contributed by atoms with Gasteiger partial charge in [0.25, 0.3) is 5.91 Å². The van der Waals surface area contributed by atoms with Gasteiger partial charge in [0.2, 0.25) is 5.91 Å². The molecular formula is C28H19F5N4O2. The molecule has 2 aromatic carbocycles. The van der Waals surface area contributed by atoms with Crippen LogP contribution in [0.1, 0.15) is 35.3 Å². The SMILES string of the molecule is CC1(C)C(=O)N(c2ccccn2)c2nccc(-c3ccc(C(F)(F)F)c(C(=O)Nc4ccc(F)c(F)c4)c3)c21. The molecule has 5 rings (SSSR count). The van der Waals surface area contributed by atoms with Crippen molar-refractivity contribution >= 4 is 29.1 Å². The van der Waals surface area contributed by atoms with Crippen molar-refractivity contribution in [1.29, 1.82) is 0 Å². The van der Waals surface area contributed by atoms with E-state index in [0.717, 1.165) is 24.3 Å². The predicted octanol–water partition coefficient (Wildman–Crippen LogP) is 6.65. The van der Waals surface area contributed by atoms with Crippen molar-refractivity contribution in [3.05, 3.63) is 101 Å². The van der Waals surface area contributed by atoms with Crippen LogP contribution in [-0.4, -0.2) is 21.8 Å². The first kappa shape index (κ1) is 26.0. The quantitative estimate of drug-likeness (QED) is 0.295. The summed E-state index contributed by atoms with van der Waals surface area (Å²) in [5, 5.41) is 2.19. The zero-order valence-corrected chi connectivity index (χ0v) is 20.5. The number of hydrogen-bond donors (Lipinski definition) is 1. The minimum atomic E-state index is -4.88. The number of benzene rings is 2. The average Bonchev–Trinajstić information content (AvgIpc) is 3.11. The summed E-state index contributed by atoms with van der Waals surface area (Å²) in [4.78, 5) is 36.4. The highest BCUT2D eigenvalue weighted by Gasteiger charge is 2.48. The van der Waals surface area contributed by atoms with Gasteiger partial charge in [-0.2, -0.15) is 13.2 Å². The number of nitrogens with one attached hydrogen (secondary N) is 1. The van der Waals surface area contributed by atoms with Crippen LogP contribution in [0.5, 0.6) is 0 Å². The maximum atomic E-state index is 13.9. The predicted molar refractivity (Wildman–Crippen MR) is 133 cm³/mol. The Morgan fingerprint density at radius 2 is 1.69 bits per heavy atom. The summed E-state index contributed by atoms with van der Waals surface area (Å²) in [6, 6.07) is 12.1. The fourth-order valence-electron chi connectivity index (χ4n) is 4.58. The molecule has 0 spiro atoms. The van der Waals surface area contributed by atoms with Crippen LogP contribution < -0.4 is 10.2 Å². The zero-order chi connectivity index (χ0) is 28.1. The summed E-state index contributed by atoms with van der Waals surface area (Å²) < 4.78 is 68.5. The standard InChI is InChI=1S/C28H19F5N4O2/c1-27(2)23-17(10-12-35-24(23)37(26(27)39)22-5-3-4-11-34-22)15-6-8-19(28(31,32)33)18(13-15)25(38)36-16-7-9-20(29)21(30)14-16/h3-14H,1-2H3,(H,36,38). The largest absolute Gasteiger partial charge is 0.417 e. The number of rotatable bonds is 4. The molecule has 0 saturated carbocycles. The molecule has 0 saturated heterocycles. The van der Waals surface area contributed by atoms with E-state index in [1.807, 2.05) is 0 Å². The molecule has 3 heterocycles. The lowest BCUT2D eigenvalue weighted by molar-refractivity contribution is -0.137. The molecule has 0 radical (unpaired) electrons. The number of alkyl halides is 3. The molecule has 11 heteroatoms. The van der Waals surface area contributed by atoms with Crippen LogP contribution in [0.3, 0.4) is 0 Å². The van der Waals surface area contributed by atoms with Gasteiger partial charge in [0.05, 0.1) is 16.5 Å². The van der Waals surface area contributed by atoms with Crippen LogP contribution >= 0.6 is 0 Å². The number of aromatic nitrogens is 2. The van der Waals surface area contributed by atoms with Gasteiger partial charge in [-0.25, -0.2) is 23.6 Å². The van der Waals surface area contributed by atoms with Crippen LogP contribution in [0.2, 0.25) is 0 Å². The van der Waals surface area contributed by atoms with E-state index in [-0.39, 0.29) is 23.0 Å². The van der Waals surface area contributed by atoms with Crippen molar-refractivity contribution in [3.8, 4) is 11.1 Å². The third-order valence-electron chi connectivity index (χ3n) is 6.44. The van der Waals surface area contributed by atoms with Gasteiger partial charge >= 0.3 is 6.18 Å². The summed E-state index contributed by atoms with van der Waals surface area (Å²) in [5.74, 6) is -3.35. The minimum Gasteiger partial charge on any atom is -0.322 e. The molecule has 0 bridgehead atoms. The molecular weight excluding hydrogens is 519 g/mol. The molecule has 1 aliphatic heterocycles. The van der Waals surface area contributed by atoms with E-state index in [1.54, 1.807) is 38.1 Å². The molecule has 0 atom stereocenters. The second kappa shape index (κ2) is 9.26. The molecule has 198 valence electrons. The van der Waals surface area contributed by atoms with Crippen LogP contribution in [0, 0.1) is 11.6 Å². The Balaban J connectivity index is 1.64. The van der Waals surface area contributed by atoms with Crippen LogP contribution in [0.25, 0.3) is 11.1 Å². The number of nitrogens with zero attached hydrogens (tertiary/aromatic N) is 3. The van der Waals surface area contributed by atoms with Gasteiger partial charge in [-0.3, -0.25) is 9.59 Å². The first-order chi connectivity index (χ1) is 18.4. The third kappa shape index (κ3) is 4.49. The maximum Gasteiger partial charge on any atom is 0.417 e. The summed E-state index contributed by atoms with van der Waals surface area (Å²) in [6.45, 7) is 3.34. The van der Waals surface area contributed by atoms with Crippen LogP contribution in [0.4, 0.5) is 39.3 Å². The van der Waals surface area contributed by atoms with E-state index >= 15 is 0 Å². The summed E-state index contributed by atoms with van der Waals surface area (Å²) in [5.41, 5.74) is -2.24. The third-order valence-corrected chi connectivity index (χ3v) is 6.44. The van der Waals surface area contributed by atoms with Gasteiger partial charge in [0, 0.05) is 29.7 Å². The van der Waals surface area contributed by atoms with Gasteiger partial charge in [-0.15, -0.1) is 0 Å². The van der Waals surface area contributed by atoms with Crippen molar-refractivity contribution < 1.29 is 31.5 Å². The van der Waals surface area contributed by atoms with E-state index in [2.05, 4.69) is 15.3 Å². The fraction of sp³-hybridized carbons (Fsp3) is 0.143. The zero-order valence-electron chi connectivity index (χ0n) is 20.5. The Bertz CT molecular complexity index is 1620. The number of anilines is 3. The van der Waals surface area contributed by atoms with E-state index < -0.39 is 40.3 Å². The van der Waals surface area contributed by atoms with Crippen LogP contribution in [0.15, 0.2) is 73.1 Å². The molecule has 1 aliphatic rings. The first-order valence-electron chi connectivity index (χ1n) is 11.6. The Labute approximate surface area is 219 Å². The van der Waals surface area contributed by atoms with Crippen molar-refractivity contribution in [3.63, 3.8) is 0 Å². The highest BCUT2D eigenvalue weighted by atomic mass is 19.4. The number of halogens is 5. The molecule has 39 heavy (non-hydrogen) atoms. The number of hydrogen-bond acceptors (Lipinski definition) is 4. The Hall–Kier alpha value is -4.67. The van der Waals surface area contributed by atoms with E-state index in [4.69, 9.17) is 0 Å². The maximum absolute atomic E-state index is 13.9. The second-order valence-corrected chi connectivity index (χ2v) is 9.35. The first-order valence-corrected chi connectivity index (χ1v) is 11.6. The van der Waals surface area contributed by atoms with Crippen molar-refractivity contribution in [2.45, 2.75) is 25.4 Å². The number of fused-ring (bicyclic) bond motifs is 1. The molecule has 2 amide bonds. The molecule has 0 unspecified atom stereocenters. The van der Waals surface area contributed by atoms with Crippen molar-refractivity contribution in [2.24, 2.45) is 0 Å². The summed E-state index contributed by atoms with van der Waals surface area (Å²) in [6.07, 6.45) is -1.95. The highest BCUT2D eigenvalue weighted by molar-refractivity contribution is 6.13. The molecule has 4 aromatic rings. The molecule has 1 N–H and O–H groups in total. The monoisotopic (exact) mass is 538 g/mol. The Kier molecular flexibility index (Phi) is 6.16. The van der Waals surface area contributed by atoms with Gasteiger partial charge < -0.3 is 5.32 Å². The van der Waals surface area contributed by atoms with Crippen LogP contribution in [-0.2, 0) is 16.4 Å². The number of amides is 2. The van der Waals surface area contributed by atoms with E-state index in [1.165, 1.54) is 23.4 Å². The van der Waals surface area contributed by atoms with Gasteiger partial charge in [0.15, 0.2) is 11.6 Å². The smallest absolute Gasteiger partial charge is 0.322 e. The number of carbonyl (C=O) groups is 2. The van der Waals surface area contributed by atoms with E-state index in [9.17, 15) is 31.5 Å². The lowest BCUT2D eigenvalue weighted by Gasteiger charge is -2.20. The fourth-order valence-corrected chi connectivity index (χ4v) is 4.58. The lowest BCUT2D eigenvalue weighted by Crippen LogP contribution is -2.33. The Morgan fingerprint density at radius 1 is 0.923 bits per heavy atom. The summed E-state index contributed by atoms with van der Waals surface area (Å²) in [7, 11) is 0. The highest BCUT2D eigenvalue weighted by Crippen LogP contribution is 2.48. The normalized spacial score (nSPS) is 14.3. The number of carbonyl (C=O) groups excluding carboxylic acids is 2. The molecule has 2 aromatic heterocycles. The van der Waals surface area contributed by atoms with Gasteiger partial charge in [-0.05, 0) is 67.4 Å². The molecule has 6 nitrogen and oxygen atoms in total. The Morgan fingerprint density at radius 3 is 2.36 bits per heavy atom. The van der Waals surface area contributed by atoms with Gasteiger partial charge in [-0.1, -0.05) is 12.1 Å². The molecule has 0 fully saturated rings. The lowest BCUT2D eigenvalue weighted by atomic mass is 9.82. The summed E-state index contributed by atoms with van der Waals surface area (Å²) >= 11 is 0. The van der Waals surface area contributed by atoms with Crippen molar-refractivity contribution in [1.82, 2.24) is 9.97 Å². The number of pyridine rings is 2. The minimum absolute atomic E-state index is 0.222. The average molecular weight is 538 g/mol. The van der Waals surface area contributed by atoms with Crippen molar-refractivity contribution in [2.75, 3.05) is 10.2 Å². The van der Waals surface area contributed by atoms with E-state index in [0.29, 0.717) is 23.0 Å². The second-order valence-electron chi connectivity index (χ2n) is 9.35.